The van der Waals surface area contributed by atoms with Crippen molar-refractivity contribution in [2.24, 2.45) is 11.8 Å². The van der Waals surface area contributed by atoms with Crippen molar-refractivity contribution in [3.05, 3.63) is 35.4 Å². The van der Waals surface area contributed by atoms with E-state index in [1.54, 1.807) is 11.1 Å². The highest BCUT2D eigenvalue weighted by Gasteiger charge is 2.38. The zero-order valence-corrected chi connectivity index (χ0v) is 12.4. The summed E-state index contributed by atoms with van der Waals surface area (Å²) in [4.78, 5) is 0. The molecule has 0 radical (unpaired) electrons. The Morgan fingerprint density at radius 1 is 0.950 bits per heavy atom. The highest BCUT2D eigenvalue weighted by molar-refractivity contribution is 5.30. The molecular weight excluding hydrogens is 246 g/mol. The van der Waals surface area contributed by atoms with E-state index in [2.05, 4.69) is 29.6 Å². The largest absolute Gasteiger partial charge is 0.396 e. The van der Waals surface area contributed by atoms with Crippen LogP contribution in [0, 0.1) is 11.8 Å². The Balaban J connectivity index is 1.58. The standard InChI is InChI=1S/C18H27NO/c20-11-5-1-4-10-19-18-16-8-9-17(18)13-15-7-3-2-6-14(15)12-16/h2-3,6-7,16-20H,1,4-5,8-13H2. The molecule has 2 nitrogen and oxygen atoms in total. The summed E-state index contributed by atoms with van der Waals surface area (Å²) in [5.74, 6) is 1.67. The molecule has 0 heterocycles. The van der Waals surface area contributed by atoms with Gasteiger partial charge in [0, 0.05) is 12.6 Å². The summed E-state index contributed by atoms with van der Waals surface area (Å²) in [6.07, 6.45) is 8.61. The Morgan fingerprint density at radius 3 is 2.20 bits per heavy atom. The molecule has 1 aromatic carbocycles. The molecule has 2 N–H and O–H groups in total. The summed E-state index contributed by atoms with van der Waals surface area (Å²) >= 11 is 0. The van der Waals surface area contributed by atoms with Crippen LogP contribution in [-0.4, -0.2) is 24.3 Å². The van der Waals surface area contributed by atoms with Crippen LogP contribution in [0.25, 0.3) is 0 Å². The normalized spacial score (nSPS) is 28.1. The first-order valence-corrected chi connectivity index (χ1v) is 8.29. The van der Waals surface area contributed by atoms with Gasteiger partial charge in [0.1, 0.15) is 0 Å². The number of nitrogens with one attached hydrogen (secondary N) is 1. The molecule has 2 bridgehead atoms. The Bertz CT molecular complexity index is 398. The van der Waals surface area contributed by atoms with Gasteiger partial charge in [-0.3, -0.25) is 0 Å². The van der Waals surface area contributed by atoms with Gasteiger partial charge >= 0.3 is 0 Å². The third-order valence-electron chi connectivity index (χ3n) is 5.22. The zero-order valence-electron chi connectivity index (χ0n) is 12.4. The lowest BCUT2D eigenvalue weighted by molar-refractivity contribution is 0.280. The smallest absolute Gasteiger partial charge is 0.0431 e. The van der Waals surface area contributed by atoms with Gasteiger partial charge in [0.05, 0.1) is 0 Å². The van der Waals surface area contributed by atoms with Gasteiger partial charge in [-0.2, -0.15) is 0 Å². The molecule has 1 fully saturated rings. The first-order chi connectivity index (χ1) is 9.88. The molecule has 0 saturated heterocycles. The quantitative estimate of drug-likeness (QED) is 0.781. The van der Waals surface area contributed by atoms with Crippen molar-refractivity contribution in [3.8, 4) is 0 Å². The van der Waals surface area contributed by atoms with Crippen molar-refractivity contribution in [2.45, 2.75) is 51.0 Å². The first kappa shape index (κ1) is 14.1. The van der Waals surface area contributed by atoms with E-state index in [1.807, 2.05) is 0 Å². The summed E-state index contributed by atoms with van der Waals surface area (Å²) in [6, 6.07) is 9.75. The van der Waals surface area contributed by atoms with Crippen molar-refractivity contribution < 1.29 is 5.11 Å². The highest BCUT2D eigenvalue weighted by atomic mass is 16.2. The molecule has 0 spiro atoms. The molecule has 2 aliphatic carbocycles. The van der Waals surface area contributed by atoms with E-state index >= 15 is 0 Å². The summed E-state index contributed by atoms with van der Waals surface area (Å²) in [7, 11) is 0. The molecule has 2 atom stereocenters. The van der Waals surface area contributed by atoms with Gasteiger partial charge in [-0.15, -0.1) is 0 Å². The number of unbranched alkanes of at least 4 members (excludes halogenated alkanes) is 2. The Hall–Kier alpha value is -0.860. The van der Waals surface area contributed by atoms with Gasteiger partial charge in [-0.25, -0.2) is 0 Å². The van der Waals surface area contributed by atoms with Crippen molar-refractivity contribution in [3.63, 3.8) is 0 Å². The SMILES string of the molecule is OCCCCCNC1C2CCC1Cc1ccccc1C2. The summed E-state index contributed by atoms with van der Waals surface area (Å²) in [5, 5.41) is 12.7. The topological polar surface area (TPSA) is 32.3 Å². The highest BCUT2D eigenvalue weighted by Crippen LogP contribution is 2.39. The van der Waals surface area contributed by atoms with Crippen molar-refractivity contribution >= 4 is 0 Å². The molecule has 2 heteroatoms. The molecule has 0 amide bonds. The lowest BCUT2D eigenvalue weighted by Gasteiger charge is -2.23. The lowest BCUT2D eigenvalue weighted by atomic mass is 9.94. The van der Waals surface area contributed by atoms with E-state index in [1.165, 1.54) is 32.1 Å². The van der Waals surface area contributed by atoms with E-state index < -0.39 is 0 Å². The van der Waals surface area contributed by atoms with Crippen LogP contribution in [0.4, 0.5) is 0 Å². The Kier molecular flexibility index (Phi) is 4.74. The molecule has 110 valence electrons. The molecule has 2 unspecified atom stereocenters. The number of rotatable bonds is 6. The monoisotopic (exact) mass is 273 g/mol. The molecule has 1 saturated carbocycles. The summed E-state index contributed by atoms with van der Waals surface area (Å²) in [6.45, 7) is 1.46. The predicted octanol–water partition coefficient (Wildman–Crippen LogP) is 2.93. The minimum atomic E-state index is 0.337. The van der Waals surface area contributed by atoms with Crippen LogP contribution in [-0.2, 0) is 12.8 Å². The van der Waals surface area contributed by atoms with Crippen LogP contribution < -0.4 is 5.32 Å². The second kappa shape index (κ2) is 6.73. The van der Waals surface area contributed by atoms with Crippen LogP contribution in [0.2, 0.25) is 0 Å². The van der Waals surface area contributed by atoms with Gasteiger partial charge in [0.25, 0.3) is 0 Å². The van der Waals surface area contributed by atoms with Crippen LogP contribution in [0.3, 0.4) is 0 Å². The molecule has 0 aromatic heterocycles. The molecule has 0 aliphatic heterocycles. The zero-order chi connectivity index (χ0) is 13.8. The lowest BCUT2D eigenvalue weighted by Crippen LogP contribution is -2.38. The maximum absolute atomic E-state index is 8.83. The predicted molar refractivity (Wildman–Crippen MR) is 82.8 cm³/mol. The number of hydrogen-bond donors (Lipinski definition) is 2. The second-order valence-corrected chi connectivity index (χ2v) is 6.54. The number of fused-ring (bicyclic) bond motifs is 3. The number of aliphatic hydroxyl groups is 1. The maximum Gasteiger partial charge on any atom is 0.0431 e. The molecular formula is C18H27NO. The molecule has 2 aliphatic rings. The van der Waals surface area contributed by atoms with E-state index in [4.69, 9.17) is 5.11 Å². The van der Waals surface area contributed by atoms with Crippen molar-refractivity contribution in [2.75, 3.05) is 13.2 Å². The molecule has 1 aromatic rings. The van der Waals surface area contributed by atoms with Crippen LogP contribution in [0.15, 0.2) is 24.3 Å². The molecule has 3 rings (SSSR count). The van der Waals surface area contributed by atoms with Crippen LogP contribution >= 0.6 is 0 Å². The van der Waals surface area contributed by atoms with E-state index in [0.29, 0.717) is 6.61 Å². The summed E-state index contributed by atoms with van der Waals surface area (Å²) in [5.41, 5.74) is 3.18. The Labute approximate surface area is 122 Å². The van der Waals surface area contributed by atoms with Crippen molar-refractivity contribution in [1.82, 2.24) is 5.32 Å². The minimum Gasteiger partial charge on any atom is -0.396 e. The average Bonchev–Trinajstić information content (AvgIpc) is 2.74. The van der Waals surface area contributed by atoms with Crippen LogP contribution in [0.5, 0.6) is 0 Å². The van der Waals surface area contributed by atoms with Gasteiger partial charge in [0.15, 0.2) is 0 Å². The second-order valence-electron chi connectivity index (χ2n) is 6.54. The maximum atomic E-state index is 8.83. The van der Waals surface area contributed by atoms with Gasteiger partial charge in [0.2, 0.25) is 0 Å². The van der Waals surface area contributed by atoms with E-state index in [0.717, 1.165) is 37.3 Å². The fourth-order valence-electron chi connectivity index (χ4n) is 4.17. The number of hydrogen-bond acceptors (Lipinski definition) is 2. The third kappa shape index (κ3) is 3.07. The Morgan fingerprint density at radius 2 is 1.60 bits per heavy atom. The number of aliphatic hydroxyl groups excluding tert-OH is 1. The minimum absolute atomic E-state index is 0.337. The summed E-state index contributed by atoms with van der Waals surface area (Å²) < 4.78 is 0. The van der Waals surface area contributed by atoms with Gasteiger partial charge in [-0.05, 0) is 74.5 Å². The van der Waals surface area contributed by atoms with E-state index in [9.17, 15) is 0 Å². The van der Waals surface area contributed by atoms with Crippen molar-refractivity contribution in [1.29, 1.82) is 0 Å². The van der Waals surface area contributed by atoms with E-state index in [-0.39, 0.29) is 0 Å². The fraction of sp³-hybridized carbons (Fsp3) is 0.667. The van der Waals surface area contributed by atoms with Gasteiger partial charge in [-0.1, -0.05) is 24.3 Å². The first-order valence-electron chi connectivity index (χ1n) is 8.29. The fourth-order valence-corrected chi connectivity index (χ4v) is 4.17. The third-order valence-corrected chi connectivity index (χ3v) is 5.22. The average molecular weight is 273 g/mol. The van der Waals surface area contributed by atoms with Gasteiger partial charge < -0.3 is 10.4 Å². The molecule has 20 heavy (non-hydrogen) atoms. The van der Waals surface area contributed by atoms with Crippen LogP contribution in [0.1, 0.15) is 43.2 Å². The number of benzene rings is 1.